The molecule has 0 aliphatic carbocycles. The van der Waals surface area contributed by atoms with E-state index in [-0.39, 0.29) is 16.6 Å². The zero-order chi connectivity index (χ0) is 24.2. The molecule has 0 bridgehead atoms. The molecule has 4 aromatic rings. The molecular weight excluding hydrogens is 523 g/mol. The smallest absolute Gasteiger partial charge is 0.196 e. The maximum Gasteiger partial charge on any atom is 0.196 e. The van der Waals surface area contributed by atoms with Crippen LogP contribution in [0.2, 0.25) is 15.1 Å². The van der Waals surface area contributed by atoms with E-state index in [2.05, 4.69) is 10.2 Å². The molecule has 0 aliphatic rings. The van der Waals surface area contributed by atoms with Gasteiger partial charge in [-0.05, 0) is 67.1 Å². The molecule has 0 N–H and O–H groups in total. The van der Waals surface area contributed by atoms with Gasteiger partial charge in [-0.2, -0.15) is 0 Å². The number of thioether (sulfide) groups is 1. The van der Waals surface area contributed by atoms with Gasteiger partial charge in [-0.15, -0.1) is 10.2 Å². The summed E-state index contributed by atoms with van der Waals surface area (Å²) in [6.45, 7) is 0. The highest BCUT2D eigenvalue weighted by Crippen LogP contribution is 2.34. The van der Waals surface area contributed by atoms with Crippen molar-refractivity contribution in [3.05, 3.63) is 92.9 Å². The fourth-order valence-electron chi connectivity index (χ4n) is 3.24. The van der Waals surface area contributed by atoms with E-state index < -0.39 is 5.82 Å². The minimum Gasteiger partial charge on any atom is -0.294 e. The summed E-state index contributed by atoms with van der Waals surface area (Å²) < 4.78 is 28.6. The molecule has 10 heteroatoms. The van der Waals surface area contributed by atoms with E-state index in [1.54, 1.807) is 28.8 Å². The first-order valence-electron chi connectivity index (χ1n) is 10.1. The number of ketones is 1. The minimum absolute atomic E-state index is 0.0415. The van der Waals surface area contributed by atoms with Crippen molar-refractivity contribution < 1.29 is 13.6 Å². The van der Waals surface area contributed by atoms with Crippen LogP contribution in [0.3, 0.4) is 0 Å². The monoisotopic (exact) mass is 537 g/mol. The molecule has 0 saturated heterocycles. The summed E-state index contributed by atoms with van der Waals surface area (Å²) in [7, 11) is 0. The third kappa shape index (κ3) is 5.61. The van der Waals surface area contributed by atoms with Crippen molar-refractivity contribution in [2.75, 3.05) is 5.75 Å². The van der Waals surface area contributed by atoms with Gasteiger partial charge in [-0.3, -0.25) is 9.36 Å². The van der Waals surface area contributed by atoms with Crippen molar-refractivity contribution >= 4 is 52.3 Å². The van der Waals surface area contributed by atoms with Crippen LogP contribution in [-0.4, -0.2) is 26.3 Å². The summed E-state index contributed by atoms with van der Waals surface area (Å²) in [6.07, 6.45) is 0.861. The van der Waals surface area contributed by atoms with Crippen LogP contribution in [0.5, 0.6) is 0 Å². The first-order valence-corrected chi connectivity index (χ1v) is 12.2. The van der Waals surface area contributed by atoms with E-state index in [1.165, 1.54) is 48.2 Å². The number of rotatable bonds is 8. The highest BCUT2D eigenvalue weighted by atomic mass is 35.5. The van der Waals surface area contributed by atoms with Gasteiger partial charge in [0.1, 0.15) is 11.6 Å². The normalized spacial score (nSPS) is 11.1. The molecule has 0 radical (unpaired) electrons. The van der Waals surface area contributed by atoms with Crippen LogP contribution < -0.4 is 0 Å². The highest BCUT2D eigenvalue weighted by molar-refractivity contribution is 7.99. The minimum atomic E-state index is -0.543. The number of aromatic nitrogens is 3. The second-order valence-electron chi connectivity index (χ2n) is 7.25. The zero-order valence-electron chi connectivity index (χ0n) is 17.4. The molecule has 0 saturated carbocycles. The summed E-state index contributed by atoms with van der Waals surface area (Å²) in [6, 6.07) is 14.8. The van der Waals surface area contributed by atoms with Gasteiger partial charge in [0.05, 0.1) is 15.7 Å². The fraction of sp³-hybridized carbons (Fsp3) is 0.125. The number of halogens is 5. The van der Waals surface area contributed by atoms with E-state index >= 15 is 0 Å². The molecule has 174 valence electrons. The van der Waals surface area contributed by atoms with Crippen LogP contribution in [0.15, 0.2) is 65.8 Å². The van der Waals surface area contributed by atoms with Gasteiger partial charge >= 0.3 is 0 Å². The van der Waals surface area contributed by atoms with Crippen LogP contribution >= 0.6 is 46.6 Å². The Bertz CT molecular complexity index is 1350. The molecule has 4 nitrogen and oxygen atoms in total. The molecule has 1 heterocycles. The average molecular weight is 539 g/mol. The largest absolute Gasteiger partial charge is 0.294 e. The number of benzene rings is 3. The van der Waals surface area contributed by atoms with Crippen molar-refractivity contribution in [2.24, 2.45) is 0 Å². The molecule has 0 amide bonds. The predicted molar refractivity (Wildman–Crippen MR) is 132 cm³/mol. The Morgan fingerprint density at radius 2 is 1.68 bits per heavy atom. The van der Waals surface area contributed by atoms with Crippen molar-refractivity contribution in [1.82, 2.24) is 14.8 Å². The van der Waals surface area contributed by atoms with E-state index in [4.69, 9.17) is 34.8 Å². The van der Waals surface area contributed by atoms with E-state index in [0.29, 0.717) is 56.4 Å². The molecule has 0 aliphatic heterocycles. The molecule has 0 spiro atoms. The quantitative estimate of drug-likeness (QED) is 0.130. The third-order valence-corrected chi connectivity index (χ3v) is 6.76. The Morgan fingerprint density at radius 1 is 0.912 bits per heavy atom. The number of hydrogen-bond donors (Lipinski definition) is 0. The van der Waals surface area contributed by atoms with Crippen molar-refractivity contribution in [3.63, 3.8) is 0 Å². The van der Waals surface area contributed by atoms with Crippen molar-refractivity contribution in [1.29, 1.82) is 0 Å². The number of hydrogen-bond acceptors (Lipinski definition) is 4. The van der Waals surface area contributed by atoms with Crippen molar-refractivity contribution in [3.8, 4) is 17.1 Å². The van der Waals surface area contributed by atoms with E-state index in [9.17, 15) is 13.6 Å². The summed E-state index contributed by atoms with van der Waals surface area (Å²) in [5.41, 5.74) is 1.62. The van der Waals surface area contributed by atoms with Crippen LogP contribution in [0.4, 0.5) is 8.78 Å². The lowest BCUT2D eigenvalue weighted by molar-refractivity contribution is 0.0982. The van der Waals surface area contributed by atoms with E-state index in [1.807, 2.05) is 0 Å². The standard InChI is InChI=1S/C24H16Cl3F2N3OS/c25-15-5-9-18(19(26)12-15)23-30-31-24(32(23)17-8-10-21(29)20(27)13-17)34-11-1-2-22(33)14-3-6-16(28)7-4-14/h3-10,12-13H,1-2,11H2. The lowest BCUT2D eigenvalue weighted by Gasteiger charge is -2.12. The number of carbonyl (C=O) groups is 1. The SMILES string of the molecule is O=C(CCCSc1nnc(-c2ccc(Cl)cc2Cl)n1-c1ccc(F)c(Cl)c1)c1ccc(F)cc1. The van der Waals surface area contributed by atoms with Gasteiger partial charge in [0.2, 0.25) is 0 Å². The van der Waals surface area contributed by atoms with E-state index in [0.717, 1.165) is 0 Å². The van der Waals surface area contributed by atoms with Gasteiger partial charge in [-0.25, -0.2) is 8.78 Å². The van der Waals surface area contributed by atoms with Crippen LogP contribution in [0, 0.1) is 11.6 Å². The third-order valence-electron chi connectivity index (χ3n) is 4.91. The Hall–Kier alpha value is -2.45. The van der Waals surface area contributed by atoms with Crippen LogP contribution in [-0.2, 0) is 0 Å². The van der Waals surface area contributed by atoms with Gasteiger partial charge in [0.25, 0.3) is 0 Å². The first kappa shape index (κ1) is 24.7. The molecule has 4 rings (SSSR count). The molecule has 3 aromatic carbocycles. The zero-order valence-corrected chi connectivity index (χ0v) is 20.5. The van der Waals surface area contributed by atoms with Crippen LogP contribution in [0.25, 0.3) is 17.1 Å². The fourth-order valence-corrected chi connectivity index (χ4v) is 4.80. The highest BCUT2D eigenvalue weighted by Gasteiger charge is 2.19. The van der Waals surface area contributed by atoms with Gasteiger partial charge in [0.15, 0.2) is 16.8 Å². The van der Waals surface area contributed by atoms with Gasteiger partial charge < -0.3 is 0 Å². The molecule has 34 heavy (non-hydrogen) atoms. The summed E-state index contributed by atoms with van der Waals surface area (Å²) in [4.78, 5) is 12.3. The number of nitrogens with zero attached hydrogens (tertiary/aromatic N) is 3. The summed E-state index contributed by atoms with van der Waals surface area (Å²) >= 11 is 19.8. The Labute approximate surface area is 213 Å². The summed E-state index contributed by atoms with van der Waals surface area (Å²) in [5.74, 6) is 0.00574. The lowest BCUT2D eigenvalue weighted by Crippen LogP contribution is -2.02. The number of Topliss-reactive ketones (excluding diaryl/α,β-unsaturated/α-hetero) is 1. The topological polar surface area (TPSA) is 47.8 Å². The maximum atomic E-state index is 13.8. The van der Waals surface area contributed by atoms with Crippen molar-refractivity contribution in [2.45, 2.75) is 18.0 Å². The predicted octanol–water partition coefficient (Wildman–Crippen LogP) is 7.93. The Morgan fingerprint density at radius 3 is 2.38 bits per heavy atom. The molecular formula is C24H16Cl3F2N3OS. The molecule has 0 fully saturated rings. The Balaban J connectivity index is 1.57. The average Bonchev–Trinajstić information content (AvgIpc) is 3.22. The molecule has 0 unspecified atom stereocenters. The first-order chi connectivity index (χ1) is 16.3. The molecule has 0 atom stereocenters. The molecule has 1 aromatic heterocycles. The Kier molecular flexibility index (Phi) is 7.88. The number of carbonyl (C=O) groups excluding carboxylic acids is 1. The van der Waals surface area contributed by atoms with Gasteiger partial charge in [-0.1, -0.05) is 46.6 Å². The second-order valence-corrected chi connectivity index (χ2v) is 9.56. The second kappa shape index (κ2) is 10.9. The lowest BCUT2D eigenvalue weighted by atomic mass is 10.1. The van der Waals surface area contributed by atoms with Gasteiger partial charge in [0, 0.05) is 28.3 Å². The van der Waals surface area contributed by atoms with Crippen LogP contribution in [0.1, 0.15) is 23.2 Å². The maximum absolute atomic E-state index is 13.8. The summed E-state index contributed by atoms with van der Waals surface area (Å²) in [5, 5.41) is 9.94.